The van der Waals surface area contributed by atoms with Crippen molar-refractivity contribution in [2.45, 2.75) is 37.1 Å². The van der Waals surface area contributed by atoms with Gasteiger partial charge in [-0.15, -0.1) is 0 Å². The largest absolute Gasteiger partial charge is 0.479 e. The first-order chi connectivity index (χ1) is 11.5. The van der Waals surface area contributed by atoms with Crippen molar-refractivity contribution >= 4 is 5.97 Å². The molecule has 0 amide bonds. The second-order valence-corrected chi connectivity index (χ2v) is 5.26. The van der Waals surface area contributed by atoms with Crippen molar-refractivity contribution in [2.24, 2.45) is 0 Å². The van der Waals surface area contributed by atoms with E-state index in [1.807, 2.05) is 24.3 Å². The third-order valence-corrected chi connectivity index (χ3v) is 3.46. The molecule has 7 heteroatoms. The van der Waals surface area contributed by atoms with Gasteiger partial charge in [0.15, 0.2) is 6.10 Å². The van der Waals surface area contributed by atoms with Crippen LogP contribution in [-0.2, 0) is 14.3 Å². The number of carboxylic acid groups (broad SMARTS) is 1. The van der Waals surface area contributed by atoms with Crippen LogP contribution in [-0.4, -0.2) is 57.1 Å². The molecule has 0 aromatic rings. The molecule has 0 bridgehead atoms. The van der Waals surface area contributed by atoms with Gasteiger partial charge in [-0.1, -0.05) is 42.5 Å². The Morgan fingerprint density at radius 3 is 2.42 bits per heavy atom. The molecule has 0 saturated carbocycles. The number of hydrogen-bond donors (Lipinski definition) is 4. The van der Waals surface area contributed by atoms with Gasteiger partial charge in [0.2, 0.25) is 6.29 Å². The lowest BCUT2D eigenvalue weighted by atomic mass is 9.99. The molecule has 0 radical (unpaired) electrons. The summed E-state index contributed by atoms with van der Waals surface area (Å²) in [6, 6.07) is 0. The van der Waals surface area contributed by atoms with Gasteiger partial charge in [-0.3, -0.25) is 0 Å². The zero-order valence-electron chi connectivity index (χ0n) is 12.8. The van der Waals surface area contributed by atoms with E-state index < -0.39 is 36.7 Å². The van der Waals surface area contributed by atoms with Crippen LogP contribution in [0.5, 0.6) is 0 Å². The number of rotatable bonds is 3. The van der Waals surface area contributed by atoms with Crippen LogP contribution >= 0.6 is 0 Å². The Balaban J connectivity index is 2.16. The first-order valence-electron chi connectivity index (χ1n) is 7.46. The summed E-state index contributed by atoms with van der Waals surface area (Å²) in [5.41, 5.74) is 0. The maximum Gasteiger partial charge on any atom is 0.335 e. The summed E-state index contributed by atoms with van der Waals surface area (Å²) < 4.78 is 10.6. The highest BCUT2D eigenvalue weighted by molar-refractivity contribution is 5.73. The zero-order valence-corrected chi connectivity index (χ0v) is 12.8. The maximum absolute atomic E-state index is 11.1. The van der Waals surface area contributed by atoms with Crippen molar-refractivity contribution in [3.63, 3.8) is 0 Å². The van der Waals surface area contributed by atoms with Crippen LogP contribution in [0.15, 0.2) is 60.4 Å². The van der Waals surface area contributed by atoms with Crippen LogP contribution in [0.1, 0.15) is 6.42 Å². The SMILES string of the molecule is O=C(O)[C@H]1O[C@@H](OC2=C\C=C/C=C\C/C=C\C=C\2)[C@H](O)[C@@H](O)[C@@H]1O. The van der Waals surface area contributed by atoms with E-state index in [0.717, 1.165) is 6.42 Å². The van der Waals surface area contributed by atoms with Crippen molar-refractivity contribution in [1.82, 2.24) is 0 Å². The molecule has 0 spiro atoms. The van der Waals surface area contributed by atoms with Crippen molar-refractivity contribution in [3.05, 3.63) is 60.4 Å². The molecule has 1 fully saturated rings. The van der Waals surface area contributed by atoms with Gasteiger partial charge in [0.05, 0.1) is 0 Å². The zero-order chi connectivity index (χ0) is 17.5. The highest BCUT2D eigenvalue weighted by atomic mass is 16.7. The topological polar surface area (TPSA) is 116 Å². The molecule has 2 rings (SSSR count). The molecule has 1 aliphatic carbocycles. The Morgan fingerprint density at radius 2 is 1.71 bits per heavy atom. The molecular weight excluding hydrogens is 316 g/mol. The Morgan fingerprint density at radius 1 is 1.00 bits per heavy atom. The van der Waals surface area contributed by atoms with Gasteiger partial charge in [-0.2, -0.15) is 0 Å². The maximum atomic E-state index is 11.1. The van der Waals surface area contributed by atoms with Crippen molar-refractivity contribution in [1.29, 1.82) is 0 Å². The van der Waals surface area contributed by atoms with Crippen LogP contribution in [0.3, 0.4) is 0 Å². The highest BCUT2D eigenvalue weighted by Crippen LogP contribution is 2.24. The molecule has 1 aliphatic heterocycles. The highest BCUT2D eigenvalue weighted by Gasteiger charge is 2.48. The molecule has 1 saturated heterocycles. The summed E-state index contributed by atoms with van der Waals surface area (Å²) in [5, 5.41) is 38.4. The minimum absolute atomic E-state index is 0.294. The van der Waals surface area contributed by atoms with Gasteiger partial charge in [0.25, 0.3) is 0 Å². The van der Waals surface area contributed by atoms with Crippen LogP contribution in [0.2, 0.25) is 0 Å². The van der Waals surface area contributed by atoms with Crippen molar-refractivity contribution in [2.75, 3.05) is 0 Å². The molecule has 4 N–H and O–H groups in total. The average molecular weight is 336 g/mol. The number of hydrogen-bond acceptors (Lipinski definition) is 6. The summed E-state index contributed by atoms with van der Waals surface area (Å²) in [4.78, 5) is 11.1. The quantitative estimate of drug-likeness (QED) is 0.590. The lowest BCUT2D eigenvalue weighted by Gasteiger charge is -2.38. The van der Waals surface area contributed by atoms with Gasteiger partial charge in [0, 0.05) is 0 Å². The predicted octanol–water partition coefficient (Wildman–Crippen LogP) is 0.408. The molecule has 130 valence electrons. The first-order valence-corrected chi connectivity index (χ1v) is 7.46. The van der Waals surface area contributed by atoms with E-state index in [2.05, 4.69) is 0 Å². The molecule has 0 aromatic heterocycles. The second kappa shape index (κ2) is 8.60. The Hall–Kier alpha value is -2.19. The van der Waals surface area contributed by atoms with Crippen molar-refractivity contribution < 1.29 is 34.7 Å². The van der Waals surface area contributed by atoms with Gasteiger partial charge in [0.1, 0.15) is 24.1 Å². The Labute approximate surface area is 139 Å². The molecule has 0 aromatic carbocycles. The lowest BCUT2D eigenvalue weighted by molar-refractivity contribution is -0.283. The van der Waals surface area contributed by atoms with E-state index in [1.54, 1.807) is 30.4 Å². The van der Waals surface area contributed by atoms with Crippen LogP contribution in [0.4, 0.5) is 0 Å². The standard InChI is InChI=1S/C17H20O7/c18-12-13(19)15(16(21)22)24-17(14(12)20)23-11-9-7-5-3-1-2-4-6-8-10-11/h1,3-10,12-15,17-20H,2H2,(H,21,22)/b3-1-,6-4-,7-5-,10-8+,11-9-/t12-,13-,14+,15-,17+/m0/s1. The number of aliphatic hydroxyl groups excluding tert-OH is 3. The van der Waals surface area contributed by atoms with E-state index >= 15 is 0 Å². The van der Waals surface area contributed by atoms with Gasteiger partial charge in [-0.25, -0.2) is 4.79 Å². The molecule has 7 nitrogen and oxygen atoms in total. The Kier molecular flexibility index (Phi) is 6.51. The average Bonchev–Trinajstić information content (AvgIpc) is 2.61. The minimum atomic E-state index is -1.75. The summed E-state index contributed by atoms with van der Waals surface area (Å²) in [5.74, 6) is -1.16. The van der Waals surface area contributed by atoms with Gasteiger partial charge >= 0.3 is 5.97 Å². The summed E-state index contributed by atoms with van der Waals surface area (Å²) >= 11 is 0. The molecular formula is C17H20O7. The fourth-order valence-corrected chi connectivity index (χ4v) is 2.18. The second-order valence-electron chi connectivity index (χ2n) is 5.26. The van der Waals surface area contributed by atoms with Crippen LogP contribution in [0, 0.1) is 0 Å². The summed E-state index contributed by atoms with van der Waals surface area (Å²) in [6.07, 6.45) is 8.58. The third-order valence-electron chi connectivity index (χ3n) is 3.46. The first kappa shape index (κ1) is 18.2. The number of carboxylic acids is 1. The minimum Gasteiger partial charge on any atom is -0.479 e. The number of allylic oxidation sites excluding steroid dienone is 9. The summed E-state index contributed by atoms with van der Waals surface area (Å²) in [7, 11) is 0. The Bertz CT molecular complexity index is 588. The number of aliphatic hydroxyl groups is 3. The monoisotopic (exact) mass is 336 g/mol. The molecule has 5 atom stereocenters. The predicted molar refractivity (Wildman–Crippen MR) is 84.7 cm³/mol. The normalized spacial score (nSPS) is 41.1. The van der Waals surface area contributed by atoms with Gasteiger partial charge in [-0.05, 0) is 18.6 Å². The fourth-order valence-electron chi connectivity index (χ4n) is 2.18. The molecule has 0 unspecified atom stereocenters. The number of carbonyl (C=O) groups is 1. The number of aliphatic carboxylic acids is 1. The summed E-state index contributed by atoms with van der Waals surface area (Å²) in [6.45, 7) is 0. The smallest absolute Gasteiger partial charge is 0.335 e. The lowest BCUT2D eigenvalue weighted by Crippen LogP contribution is -2.60. The molecule has 2 aliphatic rings. The fraction of sp³-hybridized carbons (Fsp3) is 0.353. The van der Waals surface area contributed by atoms with E-state index in [1.165, 1.54) is 0 Å². The third kappa shape index (κ3) is 4.65. The van der Waals surface area contributed by atoms with E-state index in [-0.39, 0.29) is 0 Å². The van der Waals surface area contributed by atoms with Crippen molar-refractivity contribution in [3.8, 4) is 0 Å². The van der Waals surface area contributed by atoms with E-state index in [9.17, 15) is 20.1 Å². The molecule has 1 heterocycles. The van der Waals surface area contributed by atoms with E-state index in [4.69, 9.17) is 14.6 Å². The van der Waals surface area contributed by atoms with Gasteiger partial charge < -0.3 is 29.9 Å². The number of ether oxygens (including phenoxy) is 2. The van der Waals surface area contributed by atoms with Crippen LogP contribution in [0.25, 0.3) is 0 Å². The molecule has 24 heavy (non-hydrogen) atoms. The van der Waals surface area contributed by atoms with Crippen LogP contribution < -0.4 is 0 Å². The van der Waals surface area contributed by atoms with E-state index in [0.29, 0.717) is 5.76 Å².